The Kier molecular flexibility index (Phi) is 5.87. The lowest BCUT2D eigenvalue weighted by Gasteiger charge is -2.19. The molecule has 0 atom stereocenters. The van der Waals surface area contributed by atoms with Gasteiger partial charge in [0.05, 0.1) is 30.1 Å². The number of ether oxygens (including phenoxy) is 1. The SMILES string of the molecule is CCSc1ccc(C(=O)N(Cc2ccco2)c2nc3cc(OC)ccc3s2)cc1. The number of hydrogen-bond acceptors (Lipinski definition) is 6. The Balaban J connectivity index is 1.70. The van der Waals surface area contributed by atoms with E-state index in [2.05, 4.69) is 6.92 Å². The number of anilines is 1. The van der Waals surface area contributed by atoms with Crippen molar-refractivity contribution in [3.05, 3.63) is 72.2 Å². The fourth-order valence-corrected chi connectivity index (χ4v) is 4.54. The van der Waals surface area contributed by atoms with Gasteiger partial charge in [-0.15, -0.1) is 11.8 Å². The van der Waals surface area contributed by atoms with Gasteiger partial charge in [-0.25, -0.2) is 4.98 Å². The van der Waals surface area contributed by atoms with Crippen molar-refractivity contribution >= 4 is 44.4 Å². The fourth-order valence-electron chi connectivity index (χ4n) is 2.94. The van der Waals surface area contributed by atoms with Gasteiger partial charge in [0.15, 0.2) is 5.13 Å². The van der Waals surface area contributed by atoms with Gasteiger partial charge in [0.2, 0.25) is 0 Å². The molecule has 0 N–H and O–H groups in total. The van der Waals surface area contributed by atoms with Gasteiger partial charge < -0.3 is 9.15 Å². The Labute approximate surface area is 177 Å². The molecule has 2 aromatic carbocycles. The zero-order valence-corrected chi connectivity index (χ0v) is 17.8. The number of benzene rings is 2. The molecule has 0 aliphatic rings. The molecule has 29 heavy (non-hydrogen) atoms. The van der Waals surface area contributed by atoms with E-state index >= 15 is 0 Å². The average molecular weight is 425 g/mol. The summed E-state index contributed by atoms with van der Waals surface area (Å²) >= 11 is 3.22. The Morgan fingerprint density at radius 1 is 1.21 bits per heavy atom. The topological polar surface area (TPSA) is 55.6 Å². The molecule has 0 unspecified atom stereocenters. The van der Waals surface area contributed by atoms with E-state index in [-0.39, 0.29) is 5.91 Å². The summed E-state index contributed by atoms with van der Waals surface area (Å²) in [5, 5.41) is 0.627. The first-order chi connectivity index (χ1) is 14.2. The Hall–Kier alpha value is -2.77. The molecule has 0 bridgehead atoms. The van der Waals surface area contributed by atoms with Crippen molar-refractivity contribution in [2.75, 3.05) is 17.8 Å². The lowest BCUT2D eigenvalue weighted by atomic mass is 10.2. The van der Waals surface area contributed by atoms with Gasteiger partial charge in [-0.1, -0.05) is 18.3 Å². The van der Waals surface area contributed by atoms with Crippen LogP contribution < -0.4 is 9.64 Å². The van der Waals surface area contributed by atoms with Gasteiger partial charge >= 0.3 is 0 Å². The Morgan fingerprint density at radius 3 is 2.72 bits per heavy atom. The predicted molar refractivity (Wildman–Crippen MR) is 118 cm³/mol. The highest BCUT2D eigenvalue weighted by molar-refractivity contribution is 7.99. The molecule has 2 heterocycles. The number of carbonyl (C=O) groups is 1. The summed E-state index contributed by atoms with van der Waals surface area (Å²) in [4.78, 5) is 20.9. The Morgan fingerprint density at radius 2 is 2.03 bits per heavy atom. The third kappa shape index (κ3) is 4.31. The van der Waals surface area contributed by atoms with Crippen LogP contribution in [0, 0.1) is 0 Å². The Bertz CT molecular complexity index is 1110. The third-order valence-electron chi connectivity index (χ3n) is 4.37. The average Bonchev–Trinajstić information content (AvgIpc) is 3.41. The molecule has 0 saturated carbocycles. The number of thioether (sulfide) groups is 1. The quantitative estimate of drug-likeness (QED) is 0.348. The van der Waals surface area contributed by atoms with E-state index in [0.717, 1.165) is 26.6 Å². The monoisotopic (exact) mass is 424 g/mol. The number of methoxy groups -OCH3 is 1. The highest BCUT2D eigenvalue weighted by atomic mass is 32.2. The van der Waals surface area contributed by atoms with Gasteiger partial charge in [0.25, 0.3) is 5.91 Å². The minimum Gasteiger partial charge on any atom is -0.497 e. The molecule has 4 aromatic rings. The molecule has 4 rings (SSSR count). The standard InChI is InChI=1S/C22H20N2O3S2/c1-3-28-18-9-6-15(7-10-18)21(25)24(14-17-5-4-12-27-17)22-23-19-13-16(26-2)8-11-20(19)29-22/h4-13H,3,14H2,1-2H3. The minimum atomic E-state index is -0.111. The van der Waals surface area contributed by atoms with Gasteiger partial charge in [-0.05, 0) is 54.3 Å². The zero-order chi connectivity index (χ0) is 20.2. The van der Waals surface area contributed by atoms with Crippen molar-refractivity contribution < 1.29 is 13.9 Å². The molecule has 7 heteroatoms. The van der Waals surface area contributed by atoms with Crippen molar-refractivity contribution in [3.63, 3.8) is 0 Å². The molecule has 0 aliphatic heterocycles. The zero-order valence-electron chi connectivity index (χ0n) is 16.1. The lowest BCUT2D eigenvalue weighted by Crippen LogP contribution is -2.30. The number of thiazole rings is 1. The number of fused-ring (bicyclic) bond motifs is 1. The van der Waals surface area contributed by atoms with Gasteiger partial charge in [0.1, 0.15) is 11.5 Å². The van der Waals surface area contributed by atoms with Gasteiger partial charge in [0, 0.05) is 16.5 Å². The maximum Gasteiger partial charge on any atom is 0.260 e. The number of furan rings is 1. The summed E-state index contributed by atoms with van der Waals surface area (Å²) in [6.45, 7) is 2.42. The van der Waals surface area contributed by atoms with Crippen LogP contribution in [0.25, 0.3) is 10.2 Å². The van der Waals surface area contributed by atoms with Gasteiger partial charge in [-0.3, -0.25) is 9.69 Å². The first-order valence-electron chi connectivity index (χ1n) is 9.19. The molecule has 0 spiro atoms. The number of nitrogens with zero attached hydrogens (tertiary/aromatic N) is 2. The number of aromatic nitrogens is 1. The molecular formula is C22H20N2O3S2. The van der Waals surface area contributed by atoms with Crippen molar-refractivity contribution in [2.45, 2.75) is 18.4 Å². The van der Waals surface area contributed by atoms with Crippen molar-refractivity contribution in [1.82, 2.24) is 4.98 Å². The van der Waals surface area contributed by atoms with Crippen LogP contribution in [0.2, 0.25) is 0 Å². The summed E-state index contributed by atoms with van der Waals surface area (Å²) in [6, 6.07) is 17.1. The van der Waals surface area contributed by atoms with Crippen LogP contribution in [0.4, 0.5) is 5.13 Å². The summed E-state index contributed by atoms with van der Waals surface area (Å²) in [6.07, 6.45) is 1.61. The summed E-state index contributed by atoms with van der Waals surface area (Å²) in [5.41, 5.74) is 1.42. The van der Waals surface area contributed by atoms with Crippen LogP contribution in [0.3, 0.4) is 0 Å². The van der Waals surface area contributed by atoms with Crippen LogP contribution in [-0.4, -0.2) is 23.8 Å². The van der Waals surface area contributed by atoms with Crippen molar-refractivity contribution in [1.29, 1.82) is 0 Å². The molecule has 0 radical (unpaired) electrons. The normalized spacial score (nSPS) is 11.0. The van der Waals surface area contributed by atoms with Crippen molar-refractivity contribution in [2.24, 2.45) is 0 Å². The molecule has 2 aromatic heterocycles. The van der Waals surface area contributed by atoms with Crippen LogP contribution in [0.15, 0.2) is 70.2 Å². The van der Waals surface area contributed by atoms with E-state index in [1.54, 1.807) is 30.0 Å². The minimum absolute atomic E-state index is 0.111. The lowest BCUT2D eigenvalue weighted by molar-refractivity contribution is 0.0983. The van der Waals surface area contributed by atoms with Crippen molar-refractivity contribution in [3.8, 4) is 5.75 Å². The number of amides is 1. The largest absolute Gasteiger partial charge is 0.497 e. The second-order valence-corrected chi connectivity index (χ2v) is 8.60. The first-order valence-corrected chi connectivity index (χ1v) is 11.0. The maximum atomic E-state index is 13.4. The van der Waals surface area contributed by atoms with E-state index in [9.17, 15) is 4.79 Å². The van der Waals surface area contributed by atoms with E-state index in [0.29, 0.717) is 23.0 Å². The third-order valence-corrected chi connectivity index (χ3v) is 6.32. The molecule has 0 saturated heterocycles. The molecule has 148 valence electrons. The summed E-state index contributed by atoms with van der Waals surface area (Å²) < 4.78 is 11.8. The van der Waals surface area contributed by atoms with Crippen LogP contribution in [0.5, 0.6) is 5.75 Å². The second kappa shape index (κ2) is 8.71. The van der Waals surface area contributed by atoms with Gasteiger partial charge in [-0.2, -0.15) is 0 Å². The summed E-state index contributed by atoms with van der Waals surface area (Å²) in [7, 11) is 1.63. The van der Waals surface area contributed by atoms with E-state index in [1.165, 1.54) is 11.3 Å². The number of carbonyl (C=O) groups excluding carboxylic acids is 1. The van der Waals surface area contributed by atoms with E-state index in [4.69, 9.17) is 14.1 Å². The second-order valence-electron chi connectivity index (χ2n) is 6.26. The number of rotatable bonds is 7. The highest BCUT2D eigenvalue weighted by Crippen LogP contribution is 2.33. The molecule has 5 nitrogen and oxygen atoms in total. The molecular weight excluding hydrogens is 404 g/mol. The molecule has 0 fully saturated rings. The fraction of sp³-hybridized carbons (Fsp3) is 0.182. The maximum absolute atomic E-state index is 13.4. The number of hydrogen-bond donors (Lipinski definition) is 0. The van der Waals surface area contributed by atoms with Crippen LogP contribution in [-0.2, 0) is 6.54 Å². The molecule has 1 amide bonds. The predicted octanol–water partition coefficient (Wildman–Crippen LogP) is 5.86. The first kappa shape index (κ1) is 19.5. The van der Waals surface area contributed by atoms with Crippen LogP contribution >= 0.6 is 23.1 Å². The smallest absolute Gasteiger partial charge is 0.260 e. The van der Waals surface area contributed by atoms with E-state index in [1.807, 2.05) is 54.6 Å². The van der Waals surface area contributed by atoms with E-state index < -0.39 is 0 Å². The van der Waals surface area contributed by atoms with Crippen LogP contribution in [0.1, 0.15) is 23.0 Å². The molecule has 0 aliphatic carbocycles. The highest BCUT2D eigenvalue weighted by Gasteiger charge is 2.23. The summed E-state index contributed by atoms with van der Waals surface area (Å²) in [5.74, 6) is 2.32.